The number of amides is 3. The quantitative estimate of drug-likeness (QED) is 0.210. The van der Waals surface area contributed by atoms with Crippen molar-refractivity contribution in [3.8, 4) is 0 Å². The van der Waals surface area contributed by atoms with E-state index in [9.17, 15) is 14.4 Å². The molecule has 3 amide bonds. The number of imide groups is 1. The van der Waals surface area contributed by atoms with Crippen molar-refractivity contribution in [2.75, 3.05) is 42.6 Å². The third kappa shape index (κ3) is 5.18. The van der Waals surface area contributed by atoms with Crippen molar-refractivity contribution in [3.05, 3.63) is 87.7 Å². The lowest BCUT2D eigenvalue weighted by Gasteiger charge is -2.35. The number of nitrogens with one attached hydrogen (secondary N) is 1. The van der Waals surface area contributed by atoms with E-state index < -0.39 is 6.04 Å². The minimum atomic E-state index is -0.464. The summed E-state index contributed by atoms with van der Waals surface area (Å²) in [5, 5.41) is 5.40. The zero-order valence-corrected chi connectivity index (χ0v) is 27.3. The van der Waals surface area contributed by atoms with Crippen LogP contribution in [0.4, 0.5) is 11.5 Å². The SMILES string of the molecule is COC1CN(c2nc3cc(C4CCCCN4C(=O)c4cc(Cl)ccc4NSC)nn3cc2C)CC1N1C(=O)c2ccccc2C1=O. The number of ether oxygens (including phenoxy) is 1. The number of fused-ring (bicyclic) bond motifs is 2. The Morgan fingerprint density at radius 1 is 1.07 bits per heavy atom. The topological polar surface area (TPSA) is 112 Å². The van der Waals surface area contributed by atoms with Gasteiger partial charge in [-0.25, -0.2) is 9.50 Å². The van der Waals surface area contributed by atoms with E-state index in [0.717, 1.165) is 42.0 Å². The molecular formula is C33H34ClN7O4S. The Morgan fingerprint density at radius 2 is 1.83 bits per heavy atom. The van der Waals surface area contributed by atoms with Crippen LogP contribution in [0.25, 0.3) is 5.65 Å². The molecule has 1 N–H and O–H groups in total. The largest absolute Gasteiger partial charge is 0.377 e. The van der Waals surface area contributed by atoms with E-state index in [0.29, 0.717) is 47.0 Å². The van der Waals surface area contributed by atoms with Gasteiger partial charge in [-0.3, -0.25) is 19.3 Å². The van der Waals surface area contributed by atoms with Gasteiger partial charge in [0.15, 0.2) is 5.65 Å². The molecule has 0 saturated carbocycles. The van der Waals surface area contributed by atoms with Gasteiger partial charge in [-0.15, -0.1) is 0 Å². The molecule has 2 aromatic heterocycles. The number of methoxy groups -OCH3 is 1. The molecular weight excluding hydrogens is 626 g/mol. The summed E-state index contributed by atoms with van der Waals surface area (Å²) >= 11 is 7.74. The number of anilines is 2. The van der Waals surface area contributed by atoms with Gasteiger partial charge in [0.05, 0.1) is 46.3 Å². The predicted molar refractivity (Wildman–Crippen MR) is 178 cm³/mol. The number of rotatable bonds is 7. The summed E-state index contributed by atoms with van der Waals surface area (Å²) in [6.45, 7) is 3.45. The number of aryl methyl sites for hydroxylation is 1. The molecule has 2 aromatic carbocycles. The molecule has 0 bridgehead atoms. The Balaban J connectivity index is 1.17. The highest BCUT2D eigenvalue weighted by Crippen LogP contribution is 2.36. The summed E-state index contributed by atoms with van der Waals surface area (Å²) in [4.78, 5) is 50.8. The molecule has 5 heterocycles. The summed E-state index contributed by atoms with van der Waals surface area (Å²) in [5.41, 5.74) is 4.42. The molecule has 3 unspecified atom stereocenters. The van der Waals surface area contributed by atoms with Crippen LogP contribution in [0.5, 0.6) is 0 Å². The van der Waals surface area contributed by atoms with Crippen LogP contribution in [0.15, 0.2) is 54.7 Å². The van der Waals surface area contributed by atoms with Crippen LogP contribution >= 0.6 is 23.5 Å². The highest BCUT2D eigenvalue weighted by Gasteiger charge is 2.47. The van der Waals surface area contributed by atoms with Gasteiger partial charge in [0.1, 0.15) is 5.82 Å². The fourth-order valence-corrected chi connectivity index (χ4v) is 7.52. The maximum Gasteiger partial charge on any atom is 0.261 e. The van der Waals surface area contributed by atoms with Crippen LogP contribution in [0.2, 0.25) is 5.02 Å². The van der Waals surface area contributed by atoms with E-state index in [1.807, 2.05) is 36.4 Å². The van der Waals surface area contributed by atoms with Gasteiger partial charge in [0, 0.05) is 55.8 Å². The minimum absolute atomic E-state index is 0.0903. The molecule has 0 spiro atoms. The van der Waals surface area contributed by atoms with Crippen molar-refractivity contribution < 1.29 is 19.1 Å². The van der Waals surface area contributed by atoms with Crippen molar-refractivity contribution in [2.24, 2.45) is 0 Å². The smallest absolute Gasteiger partial charge is 0.261 e. The third-order valence-electron chi connectivity index (χ3n) is 9.15. The van der Waals surface area contributed by atoms with Crippen LogP contribution in [-0.4, -0.2) is 87.3 Å². The van der Waals surface area contributed by atoms with Crippen LogP contribution < -0.4 is 9.62 Å². The average molecular weight is 660 g/mol. The van der Waals surface area contributed by atoms with Gasteiger partial charge in [-0.2, -0.15) is 5.10 Å². The Morgan fingerprint density at radius 3 is 2.54 bits per heavy atom. The molecule has 0 aliphatic carbocycles. The van der Waals surface area contributed by atoms with Gasteiger partial charge in [-0.1, -0.05) is 35.7 Å². The van der Waals surface area contributed by atoms with Crippen molar-refractivity contribution >= 4 is 58.4 Å². The van der Waals surface area contributed by atoms with E-state index in [1.165, 1.54) is 16.8 Å². The number of hydrogen-bond donors (Lipinski definition) is 1. The number of likely N-dealkylation sites (tertiary alicyclic amines) is 1. The molecule has 3 atom stereocenters. The zero-order chi connectivity index (χ0) is 32.1. The Hall–Kier alpha value is -4.13. The molecule has 238 valence electrons. The van der Waals surface area contributed by atoms with Crippen molar-refractivity contribution in [1.82, 2.24) is 24.4 Å². The van der Waals surface area contributed by atoms with E-state index in [4.69, 9.17) is 26.4 Å². The van der Waals surface area contributed by atoms with Crippen molar-refractivity contribution in [1.29, 1.82) is 0 Å². The first-order valence-electron chi connectivity index (χ1n) is 15.3. The highest BCUT2D eigenvalue weighted by atomic mass is 35.5. The Labute approximate surface area is 276 Å². The maximum absolute atomic E-state index is 13.9. The highest BCUT2D eigenvalue weighted by molar-refractivity contribution is 7.99. The normalized spacial score (nSPS) is 21.4. The van der Waals surface area contributed by atoms with Crippen LogP contribution in [0.3, 0.4) is 0 Å². The number of carbonyl (C=O) groups is 3. The molecule has 2 fully saturated rings. The number of nitrogens with zero attached hydrogens (tertiary/aromatic N) is 6. The van der Waals surface area contributed by atoms with Gasteiger partial charge in [-0.05, 0) is 56.5 Å². The first kappa shape index (κ1) is 30.5. The first-order valence-corrected chi connectivity index (χ1v) is 16.9. The third-order valence-corrected chi connectivity index (χ3v) is 9.81. The average Bonchev–Trinajstić information content (AvgIpc) is 3.75. The second-order valence-corrected chi connectivity index (χ2v) is 12.9. The lowest BCUT2D eigenvalue weighted by molar-refractivity contribution is 0.0334. The lowest BCUT2D eigenvalue weighted by atomic mass is 9.98. The number of carbonyl (C=O) groups excluding carboxylic acids is 3. The van der Waals surface area contributed by atoms with Gasteiger partial charge in [0.25, 0.3) is 17.7 Å². The Bertz CT molecular complexity index is 1830. The van der Waals surface area contributed by atoms with Crippen molar-refractivity contribution in [2.45, 2.75) is 44.4 Å². The molecule has 3 aliphatic heterocycles. The second kappa shape index (κ2) is 12.2. The van der Waals surface area contributed by atoms with Crippen LogP contribution in [-0.2, 0) is 4.74 Å². The van der Waals surface area contributed by atoms with Gasteiger partial charge < -0.3 is 19.3 Å². The van der Waals surface area contributed by atoms with E-state index in [-0.39, 0.29) is 29.9 Å². The monoisotopic (exact) mass is 659 g/mol. The molecule has 3 aliphatic rings. The summed E-state index contributed by atoms with van der Waals surface area (Å²) in [5.74, 6) is 0.0578. The number of aromatic nitrogens is 3. The molecule has 46 heavy (non-hydrogen) atoms. The predicted octanol–water partition coefficient (Wildman–Crippen LogP) is 5.25. The van der Waals surface area contributed by atoms with Gasteiger partial charge in [0.2, 0.25) is 0 Å². The minimum Gasteiger partial charge on any atom is -0.377 e. The van der Waals surface area contributed by atoms with E-state index in [1.54, 1.807) is 48.0 Å². The van der Waals surface area contributed by atoms with E-state index >= 15 is 0 Å². The summed E-state index contributed by atoms with van der Waals surface area (Å²) in [6, 6.07) is 13.5. The molecule has 11 nitrogen and oxygen atoms in total. The fraction of sp³-hybridized carbons (Fsp3) is 0.364. The number of piperidine rings is 1. The molecule has 13 heteroatoms. The number of halogens is 1. The number of benzene rings is 2. The van der Waals surface area contributed by atoms with Gasteiger partial charge >= 0.3 is 0 Å². The molecule has 0 radical (unpaired) electrons. The second-order valence-electron chi connectivity index (χ2n) is 11.9. The molecule has 7 rings (SSSR count). The summed E-state index contributed by atoms with van der Waals surface area (Å²) in [7, 11) is 1.60. The summed E-state index contributed by atoms with van der Waals surface area (Å²) < 4.78 is 10.8. The first-order chi connectivity index (χ1) is 22.3. The van der Waals surface area contributed by atoms with E-state index in [2.05, 4.69) is 9.62 Å². The fourth-order valence-electron chi connectivity index (χ4n) is 6.95. The number of hydrogen-bond acceptors (Lipinski definition) is 9. The standard InChI is InChI=1S/C33H34ClN7O4S/c1-19-16-40-29(15-25(36-40)26-10-6-7-13-39(26)31(42)23-14-20(34)11-12-24(23)37-46-3)35-30(19)38-17-27(28(18-38)45-2)41-32(43)21-8-4-5-9-22(21)33(41)44/h4-5,8-9,11-12,14-16,26-28,37H,6-7,10,13,17-18H2,1-3H3. The Kier molecular flexibility index (Phi) is 8.12. The van der Waals surface area contributed by atoms with Crippen LogP contribution in [0, 0.1) is 6.92 Å². The maximum atomic E-state index is 13.9. The van der Waals surface area contributed by atoms with Crippen LogP contribution in [0.1, 0.15) is 67.6 Å². The zero-order valence-electron chi connectivity index (χ0n) is 25.8. The lowest BCUT2D eigenvalue weighted by Crippen LogP contribution is -2.47. The molecule has 4 aromatic rings. The molecule has 2 saturated heterocycles. The van der Waals surface area contributed by atoms with Crippen molar-refractivity contribution in [3.63, 3.8) is 0 Å². The summed E-state index contributed by atoms with van der Waals surface area (Å²) in [6.07, 6.45) is 6.15.